The Morgan fingerprint density at radius 3 is 2.24 bits per heavy atom. The molecule has 0 saturated carbocycles. The zero-order valence-corrected chi connectivity index (χ0v) is 21.4. The Hall–Kier alpha value is -3.86. The molecule has 0 aliphatic carbocycles. The molecule has 0 aromatic heterocycles. The summed E-state index contributed by atoms with van der Waals surface area (Å²) in [6.07, 6.45) is 1.85. The van der Waals surface area contributed by atoms with E-state index in [0.717, 1.165) is 41.8 Å². The molecule has 0 unspecified atom stereocenters. The Balaban J connectivity index is 1.30. The lowest BCUT2D eigenvalue weighted by molar-refractivity contribution is -0.0585. The number of fused-ring (bicyclic) bond motifs is 1. The lowest BCUT2D eigenvalue weighted by atomic mass is 9.74. The maximum absolute atomic E-state index is 13.3. The van der Waals surface area contributed by atoms with Gasteiger partial charge in [0.1, 0.15) is 11.6 Å². The van der Waals surface area contributed by atoms with Crippen LogP contribution in [0.3, 0.4) is 0 Å². The van der Waals surface area contributed by atoms with Crippen LogP contribution in [0.1, 0.15) is 35.4 Å². The SMILES string of the molecule is COc1ccc(C#Cc2ccc([C@H]3[C@@H](CO)N4CCCCN(C(=O)Nc5ccc(F)cc5)C[C@H]34)cc2)cc1. The zero-order chi connectivity index (χ0) is 26.5. The first-order chi connectivity index (χ1) is 18.6. The van der Waals surface area contributed by atoms with Gasteiger partial charge in [0.2, 0.25) is 0 Å². The van der Waals surface area contributed by atoms with E-state index in [4.69, 9.17) is 4.74 Å². The number of anilines is 1. The highest BCUT2D eigenvalue weighted by Gasteiger charge is 2.49. The molecule has 0 bridgehead atoms. The van der Waals surface area contributed by atoms with Gasteiger partial charge in [-0.3, -0.25) is 4.90 Å². The number of halogens is 1. The predicted octanol–water partition coefficient (Wildman–Crippen LogP) is 4.69. The van der Waals surface area contributed by atoms with Gasteiger partial charge in [-0.05, 0) is 85.6 Å². The highest BCUT2D eigenvalue weighted by Crippen LogP contribution is 2.42. The van der Waals surface area contributed by atoms with Crippen LogP contribution >= 0.6 is 0 Å². The van der Waals surface area contributed by atoms with E-state index in [1.807, 2.05) is 41.3 Å². The topological polar surface area (TPSA) is 65.0 Å². The molecule has 2 saturated heterocycles. The molecule has 3 aromatic carbocycles. The third kappa shape index (κ3) is 5.67. The van der Waals surface area contributed by atoms with Crippen molar-refractivity contribution in [1.29, 1.82) is 0 Å². The Kier molecular flexibility index (Phi) is 7.92. The molecule has 196 valence electrons. The van der Waals surface area contributed by atoms with Crippen molar-refractivity contribution in [3.8, 4) is 17.6 Å². The fraction of sp³-hybridized carbons (Fsp3) is 0.323. The second-order valence-corrected chi connectivity index (χ2v) is 9.77. The quantitative estimate of drug-likeness (QED) is 0.497. The smallest absolute Gasteiger partial charge is 0.321 e. The van der Waals surface area contributed by atoms with Crippen LogP contribution in [0.25, 0.3) is 0 Å². The second-order valence-electron chi connectivity index (χ2n) is 9.77. The lowest BCUT2D eigenvalue weighted by Crippen LogP contribution is -2.68. The minimum atomic E-state index is -0.338. The summed E-state index contributed by atoms with van der Waals surface area (Å²) in [5, 5.41) is 13.1. The number of carbonyl (C=O) groups excluding carboxylic acids is 1. The van der Waals surface area contributed by atoms with Gasteiger partial charge in [-0.2, -0.15) is 0 Å². The molecule has 5 rings (SSSR count). The van der Waals surface area contributed by atoms with Crippen LogP contribution in [0.15, 0.2) is 72.8 Å². The normalized spacial score (nSPS) is 21.1. The van der Waals surface area contributed by atoms with Crippen LogP contribution in [-0.2, 0) is 0 Å². The van der Waals surface area contributed by atoms with Crippen molar-refractivity contribution in [3.05, 3.63) is 95.3 Å². The first-order valence-corrected chi connectivity index (χ1v) is 13.0. The summed E-state index contributed by atoms with van der Waals surface area (Å²) in [5.74, 6) is 6.97. The maximum Gasteiger partial charge on any atom is 0.321 e. The zero-order valence-electron chi connectivity index (χ0n) is 21.4. The van der Waals surface area contributed by atoms with Crippen molar-refractivity contribution in [3.63, 3.8) is 0 Å². The Morgan fingerprint density at radius 2 is 1.61 bits per heavy atom. The average Bonchev–Trinajstić information content (AvgIpc) is 2.93. The second kappa shape index (κ2) is 11.7. The minimum absolute atomic E-state index is 0.0244. The summed E-state index contributed by atoms with van der Waals surface area (Å²) in [5.41, 5.74) is 3.54. The molecule has 2 heterocycles. The van der Waals surface area contributed by atoms with E-state index in [1.165, 1.54) is 12.1 Å². The van der Waals surface area contributed by atoms with Gasteiger partial charge in [-0.1, -0.05) is 24.0 Å². The number of benzene rings is 3. The molecular weight excluding hydrogens is 481 g/mol. The monoisotopic (exact) mass is 513 g/mol. The van der Waals surface area contributed by atoms with Crippen LogP contribution in [0.2, 0.25) is 0 Å². The standard InChI is InChI=1S/C31H32FN3O3/c1-38-27-16-8-23(9-17-27)5-4-22-6-10-24(11-7-22)30-28-20-34(18-2-3-19-35(28)29(30)21-36)31(37)33-26-14-12-25(32)13-15-26/h6-17,28-30,36H,2-3,18-21H2,1H3,(H,33,37)/t28-,29-,30-/m1/s1. The highest BCUT2D eigenvalue weighted by atomic mass is 19.1. The van der Waals surface area contributed by atoms with Crippen LogP contribution in [0, 0.1) is 17.7 Å². The van der Waals surface area contributed by atoms with Crippen molar-refractivity contribution >= 4 is 11.7 Å². The number of carbonyl (C=O) groups is 1. The number of aliphatic hydroxyl groups excluding tert-OH is 1. The third-order valence-electron chi connectivity index (χ3n) is 7.49. The van der Waals surface area contributed by atoms with Gasteiger partial charge < -0.3 is 20.1 Å². The van der Waals surface area contributed by atoms with Crippen LogP contribution < -0.4 is 10.1 Å². The molecule has 3 atom stereocenters. The first-order valence-electron chi connectivity index (χ1n) is 13.0. The molecule has 0 radical (unpaired) electrons. The van der Waals surface area contributed by atoms with Crippen molar-refractivity contribution < 1.29 is 19.0 Å². The van der Waals surface area contributed by atoms with Crippen LogP contribution in [0.5, 0.6) is 5.75 Å². The van der Waals surface area contributed by atoms with Gasteiger partial charge in [-0.25, -0.2) is 9.18 Å². The van der Waals surface area contributed by atoms with Gasteiger partial charge >= 0.3 is 6.03 Å². The van der Waals surface area contributed by atoms with E-state index in [-0.39, 0.29) is 36.5 Å². The first kappa shape index (κ1) is 25.8. The Bertz CT molecular complexity index is 1300. The minimum Gasteiger partial charge on any atom is -0.497 e. The summed E-state index contributed by atoms with van der Waals surface area (Å²) in [7, 11) is 1.64. The molecule has 2 N–H and O–H groups in total. The maximum atomic E-state index is 13.3. The number of rotatable bonds is 4. The summed E-state index contributed by atoms with van der Waals surface area (Å²) < 4.78 is 18.5. The molecular formula is C31H32FN3O3. The van der Waals surface area contributed by atoms with Gasteiger partial charge in [0.25, 0.3) is 0 Å². The summed E-state index contributed by atoms with van der Waals surface area (Å²) in [4.78, 5) is 17.3. The van der Waals surface area contributed by atoms with E-state index in [0.29, 0.717) is 18.8 Å². The molecule has 6 nitrogen and oxygen atoms in total. The van der Waals surface area contributed by atoms with Crippen LogP contribution in [0.4, 0.5) is 14.9 Å². The molecule has 3 aromatic rings. The van der Waals surface area contributed by atoms with Crippen molar-refractivity contribution in [2.24, 2.45) is 0 Å². The van der Waals surface area contributed by atoms with Crippen LogP contribution in [-0.4, -0.2) is 66.4 Å². The molecule has 2 aliphatic rings. The Labute approximate surface area is 223 Å². The summed E-state index contributed by atoms with van der Waals surface area (Å²) in [6.45, 7) is 2.20. The number of urea groups is 1. The number of methoxy groups -OCH3 is 1. The van der Waals surface area contributed by atoms with Crippen molar-refractivity contribution in [2.45, 2.75) is 30.8 Å². The number of hydrogen-bond acceptors (Lipinski definition) is 4. The number of hydrogen-bond donors (Lipinski definition) is 2. The lowest BCUT2D eigenvalue weighted by Gasteiger charge is -2.57. The number of amides is 2. The van der Waals surface area contributed by atoms with Gasteiger partial charge in [0.15, 0.2) is 0 Å². The summed E-state index contributed by atoms with van der Waals surface area (Å²) in [6, 6.07) is 21.6. The van der Waals surface area contributed by atoms with E-state index < -0.39 is 0 Å². The average molecular weight is 514 g/mol. The molecule has 2 fully saturated rings. The van der Waals surface area contributed by atoms with E-state index in [2.05, 4.69) is 34.2 Å². The van der Waals surface area contributed by atoms with E-state index >= 15 is 0 Å². The van der Waals surface area contributed by atoms with E-state index in [1.54, 1.807) is 19.2 Å². The fourth-order valence-electron chi connectivity index (χ4n) is 5.47. The summed E-state index contributed by atoms with van der Waals surface area (Å²) >= 11 is 0. The van der Waals surface area contributed by atoms with E-state index in [9.17, 15) is 14.3 Å². The third-order valence-corrected chi connectivity index (χ3v) is 7.49. The number of aliphatic hydroxyl groups is 1. The van der Waals surface area contributed by atoms with Gasteiger partial charge in [-0.15, -0.1) is 0 Å². The number of ether oxygens (including phenoxy) is 1. The van der Waals surface area contributed by atoms with Gasteiger partial charge in [0.05, 0.1) is 13.7 Å². The number of nitrogens with zero attached hydrogens (tertiary/aromatic N) is 2. The predicted molar refractivity (Wildman–Crippen MR) is 146 cm³/mol. The molecule has 2 amide bonds. The molecule has 0 spiro atoms. The molecule has 7 heteroatoms. The van der Waals surface area contributed by atoms with Gasteiger partial charge in [0, 0.05) is 47.9 Å². The van der Waals surface area contributed by atoms with Crippen molar-refractivity contribution in [1.82, 2.24) is 9.80 Å². The Morgan fingerprint density at radius 1 is 0.974 bits per heavy atom. The van der Waals surface area contributed by atoms with Crippen molar-refractivity contribution in [2.75, 3.05) is 38.7 Å². The highest BCUT2D eigenvalue weighted by molar-refractivity contribution is 5.89. The molecule has 2 aliphatic heterocycles. The fourth-order valence-corrected chi connectivity index (χ4v) is 5.47. The number of nitrogens with one attached hydrogen (secondary N) is 1. The molecule has 38 heavy (non-hydrogen) atoms. The largest absolute Gasteiger partial charge is 0.497 e.